The molecular weight excluding hydrogens is 138 g/mol. The fourth-order valence-electron chi connectivity index (χ4n) is 1.17. The molecule has 0 saturated heterocycles. The number of hydrogen-bond acceptors (Lipinski definition) is 2. The number of fused-ring (bicyclic) bond motifs is 1. The molecule has 0 unspecified atom stereocenters. The van der Waals surface area contributed by atoms with Crippen LogP contribution in [-0.4, -0.2) is 4.98 Å². The first-order valence-corrected chi connectivity index (χ1v) is 3.40. The first-order valence-electron chi connectivity index (χ1n) is 3.40. The van der Waals surface area contributed by atoms with Crippen molar-refractivity contribution in [2.75, 3.05) is 11.5 Å². The highest BCUT2D eigenvalue weighted by atomic mass is 14.8. The van der Waals surface area contributed by atoms with Crippen molar-refractivity contribution < 1.29 is 0 Å². The lowest BCUT2D eigenvalue weighted by Gasteiger charge is -1.99. The van der Waals surface area contributed by atoms with Crippen LogP contribution in [0.4, 0.5) is 11.4 Å². The predicted molar refractivity (Wildman–Crippen MR) is 47.1 cm³/mol. The summed E-state index contributed by atoms with van der Waals surface area (Å²) in [5.74, 6) is 0. The molecule has 11 heavy (non-hydrogen) atoms. The molecule has 2 aromatic rings. The van der Waals surface area contributed by atoms with Crippen molar-refractivity contribution in [1.82, 2.24) is 4.98 Å². The average molecular weight is 147 g/mol. The molecule has 1 heterocycles. The lowest BCUT2D eigenvalue weighted by Crippen LogP contribution is -1.94. The quantitative estimate of drug-likeness (QED) is 0.492. The fourth-order valence-corrected chi connectivity index (χ4v) is 1.17. The summed E-state index contributed by atoms with van der Waals surface area (Å²) in [7, 11) is 0. The zero-order valence-electron chi connectivity index (χ0n) is 5.96. The van der Waals surface area contributed by atoms with Gasteiger partial charge in [-0.2, -0.15) is 0 Å². The Bertz CT molecular complexity index is 389. The maximum absolute atomic E-state index is 5.71. The van der Waals surface area contributed by atoms with E-state index in [0.717, 1.165) is 10.9 Å². The average Bonchev–Trinajstić information content (AvgIpc) is 2.45. The van der Waals surface area contributed by atoms with Gasteiger partial charge in [-0.15, -0.1) is 0 Å². The van der Waals surface area contributed by atoms with E-state index in [1.165, 1.54) is 0 Å². The molecule has 0 aliphatic heterocycles. The van der Waals surface area contributed by atoms with Gasteiger partial charge in [-0.25, -0.2) is 0 Å². The molecule has 0 bridgehead atoms. The molecule has 0 radical (unpaired) electrons. The van der Waals surface area contributed by atoms with E-state index in [4.69, 9.17) is 11.5 Å². The Kier molecular flexibility index (Phi) is 1.06. The molecular formula is C8H9N3. The van der Waals surface area contributed by atoms with Gasteiger partial charge in [0.2, 0.25) is 0 Å². The molecule has 5 N–H and O–H groups in total. The van der Waals surface area contributed by atoms with Crippen molar-refractivity contribution in [2.24, 2.45) is 0 Å². The van der Waals surface area contributed by atoms with Crippen molar-refractivity contribution in [2.45, 2.75) is 0 Å². The number of benzene rings is 1. The molecule has 0 saturated carbocycles. The molecule has 3 nitrogen and oxygen atoms in total. The maximum Gasteiger partial charge on any atom is 0.0792 e. The predicted octanol–water partition coefficient (Wildman–Crippen LogP) is 1.33. The number of nitrogens with one attached hydrogen (secondary N) is 1. The molecule has 0 amide bonds. The van der Waals surface area contributed by atoms with Crippen LogP contribution in [0, 0.1) is 0 Å². The standard InChI is InChI=1S/C8H9N3/c9-6-2-1-5-3-4-11-8(5)7(6)10/h1-4,11H,9-10H2. The number of nitrogens with two attached hydrogens (primary N) is 2. The summed E-state index contributed by atoms with van der Waals surface area (Å²) in [6.07, 6.45) is 1.85. The molecule has 0 fully saturated rings. The molecule has 2 rings (SSSR count). The highest BCUT2D eigenvalue weighted by Gasteiger charge is 2.00. The third-order valence-electron chi connectivity index (χ3n) is 1.80. The number of anilines is 2. The number of hydrogen-bond donors (Lipinski definition) is 3. The van der Waals surface area contributed by atoms with Crippen LogP contribution in [0.15, 0.2) is 24.4 Å². The van der Waals surface area contributed by atoms with Gasteiger partial charge in [-0.1, -0.05) is 6.07 Å². The Hall–Kier alpha value is -1.64. The van der Waals surface area contributed by atoms with E-state index in [1.807, 2.05) is 24.4 Å². The van der Waals surface area contributed by atoms with Gasteiger partial charge in [0.1, 0.15) is 0 Å². The second kappa shape index (κ2) is 1.92. The van der Waals surface area contributed by atoms with Crippen molar-refractivity contribution in [1.29, 1.82) is 0 Å². The number of aromatic nitrogens is 1. The van der Waals surface area contributed by atoms with Gasteiger partial charge in [0.25, 0.3) is 0 Å². The molecule has 1 aromatic heterocycles. The van der Waals surface area contributed by atoms with E-state index in [0.29, 0.717) is 11.4 Å². The third kappa shape index (κ3) is 0.741. The van der Waals surface area contributed by atoms with Crippen molar-refractivity contribution in [3.05, 3.63) is 24.4 Å². The van der Waals surface area contributed by atoms with Gasteiger partial charge < -0.3 is 16.5 Å². The Labute approximate surface area is 64.0 Å². The summed E-state index contributed by atoms with van der Waals surface area (Å²) < 4.78 is 0. The van der Waals surface area contributed by atoms with Crippen LogP contribution >= 0.6 is 0 Å². The summed E-state index contributed by atoms with van der Waals surface area (Å²) in [6, 6.07) is 5.72. The summed E-state index contributed by atoms with van der Waals surface area (Å²) in [5.41, 5.74) is 13.5. The van der Waals surface area contributed by atoms with Crippen LogP contribution in [0.1, 0.15) is 0 Å². The van der Waals surface area contributed by atoms with Gasteiger partial charge in [0.05, 0.1) is 16.9 Å². The van der Waals surface area contributed by atoms with Gasteiger partial charge in [-0.05, 0) is 12.1 Å². The Balaban J connectivity index is 2.93. The fraction of sp³-hybridized carbons (Fsp3) is 0. The zero-order chi connectivity index (χ0) is 7.84. The van der Waals surface area contributed by atoms with E-state index >= 15 is 0 Å². The first kappa shape index (κ1) is 6.09. The van der Waals surface area contributed by atoms with Gasteiger partial charge in [0, 0.05) is 11.6 Å². The lowest BCUT2D eigenvalue weighted by molar-refractivity contribution is 1.48. The number of nitrogen functional groups attached to an aromatic ring is 2. The second-order valence-corrected chi connectivity index (χ2v) is 2.51. The normalized spacial score (nSPS) is 10.5. The molecule has 0 atom stereocenters. The summed E-state index contributed by atoms with van der Waals surface area (Å²) in [5, 5.41) is 1.09. The highest BCUT2D eigenvalue weighted by Crippen LogP contribution is 2.24. The molecule has 0 aliphatic rings. The van der Waals surface area contributed by atoms with Gasteiger partial charge in [-0.3, -0.25) is 0 Å². The molecule has 0 aliphatic carbocycles. The largest absolute Gasteiger partial charge is 0.397 e. The Morgan fingerprint density at radius 1 is 1.09 bits per heavy atom. The monoisotopic (exact) mass is 147 g/mol. The zero-order valence-corrected chi connectivity index (χ0v) is 5.96. The van der Waals surface area contributed by atoms with Crippen molar-refractivity contribution >= 4 is 22.3 Å². The van der Waals surface area contributed by atoms with E-state index in [1.54, 1.807) is 0 Å². The third-order valence-corrected chi connectivity index (χ3v) is 1.80. The summed E-state index contributed by atoms with van der Waals surface area (Å²) in [4.78, 5) is 3.02. The minimum absolute atomic E-state index is 0.625. The molecule has 56 valence electrons. The van der Waals surface area contributed by atoms with Crippen molar-refractivity contribution in [3.8, 4) is 0 Å². The number of aromatic amines is 1. The maximum atomic E-state index is 5.71. The minimum atomic E-state index is 0.625. The minimum Gasteiger partial charge on any atom is -0.397 e. The molecule has 3 heteroatoms. The topological polar surface area (TPSA) is 67.8 Å². The second-order valence-electron chi connectivity index (χ2n) is 2.51. The first-order chi connectivity index (χ1) is 5.29. The van der Waals surface area contributed by atoms with Crippen LogP contribution in [0.2, 0.25) is 0 Å². The van der Waals surface area contributed by atoms with Crippen LogP contribution in [-0.2, 0) is 0 Å². The van der Waals surface area contributed by atoms with E-state index < -0.39 is 0 Å². The Morgan fingerprint density at radius 2 is 1.91 bits per heavy atom. The smallest absolute Gasteiger partial charge is 0.0792 e. The molecule has 1 aromatic carbocycles. The lowest BCUT2D eigenvalue weighted by atomic mass is 10.2. The van der Waals surface area contributed by atoms with Crippen LogP contribution < -0.4 is 11.5 Å². The summed E-state index contributed by atoms with van der Waals surface area (Å²) in [6.45, 7) is 0. The number of H-pyrrole nitrogens is 1. The highest BCUT2D eigenvalue weighted by molar-refractivity contribution is 5.95. The van der Waals surface area contributed by atoms with Gasteiger partial charge in [0.15, 0.2) is 0 Å². The van der Waals surface area contributed by atoms with Crippen molar-refractivity contribution in [3.63, 3.8) is 0 Å². The molecule has 0 spiro atoms. The van der Waals surface area contributed by atoms with Crippen LogP contribution in [0.3, 0.4) is 0 Å². The van der Waals surface area contributed by atoms with Crippen LogP contribution in [0.5, 0.6) is 0 Å². The van der Waals surface area contributed by atoms with Crippen LogP contribution in [0.25, 0.3) is 10.9 Å². The summed E-state index contributed by atoms with van der Waals surface area (Å²) >= 11 is 0. The van der Waals surface area contributed by atoms with Gasteiger partial charge >= 0.3 is 0 Å². The SMILES string of the molecule is Nc1ccc2cc[nH]c2c1N. The Morgan fingerprint density at radius 3 is 2.73 bits per heavy atom. The van der Waals surface area contributed by atoms with E-state index in [-0.39, 0.29) is 0 Å². The van der Waals surface area contributed by atoms with E-state index in [2.05, 4.69) is 4.98 Å². The number of rotatable bonds is 0. The van der Waals surface area contributed by atoms with E-state index in [9.17, 15) is 0 Å².